The summed E-state index contributed by atoms with van der Waals surface area (Å²) in [7, 11) is -2.41. The summed E-state index contributed by atoms with van der Waals surface area (Å²) in [6.45, 7) is 5.58. The minimum atomic E-state index is -3.64. The molecule has 24 heavy (non-hydrogen) atoms. The molecular weight excluding hydrogens is 323 g/mol. The summed E-state index contributed by atoms with van der Waals surface area (Å²) in [6.07, 6.45) is -0.431. The Labute approximate surface area is 142 Å². The fourth-order valence-electron chi connectivity index (χ4n) is 2.89. The summed E-state index contributed by atoms with van der Waals surface area (Å²) in [6, 6.07) is 12.2. The topological polar surface area (TPSA) is 60.4 Å². The molecule has 2 aromatic carbocycles. The number of aryl methyl sites for hydroxylation is 3. The number of benzene rings is 2. The monoisotopic (exact) mass is 344 g/mol. The van der Waals surface area contributed by atoms with E-state index in [9.17, 15) is 14.2 Å². The third kappa shape index (κ3) is 3.49. The van der Waals surface area contributed by atoms with E-state index in [2.05, 4.69) is 4.74 Å². The van der Waals surface area contributed by atoms with E-state index >= 15 is 0 Å². The van der Waals surface area contributed by atoms with Gasteiger partial charge in [-0.1, -0.05) is 48.0 Å². The van der Waals surface area contributed by atoms with Crippen molar-refractivity contribution in [1.29, 1.82) is 0 Å². The SMILES string of the molecule is COC(=O)CP(=O)(C(=O)c1c(C)cc(C)cc1C)c1ccccc1. The van der Waals surface area contributed by atoms with E-state index in [1.165, 1.54) is 7.11 Å². The molecule has 5 heteroatoms. The van der Waals surface area contributed by atoms with E-state index in [0.29, 0.717) is 10.9 Å². The highest BCUT2D eigenvalue weighted by Crippen LogP contribution is 2.48. The first-order valence-electron chi connectivity index (χ1n) is 7.64. The van der Waals surface area contributed by atoms with Crippen molar-refractivity contribution >= 4 is 23.9 Å². The lowest BCUT2D eigenvalue weighted by molar-refractivity contribution is -0.137. The van der Waals surface area contributed by atoms with Gasteiger partial charge in [0.15, 0.2) is 7.14 Å². The predicted molar refractivity (Wildman–Crippen MR) is 95.5 cm³/mol. The molecule has 2 rings (SSSR count). The van der Waals surface area contributed by atoms with E-state index in [-0.39, 0.29) is 0 Å². The Kier molecular flexibility index (Phi) is 5.40. The molecule has 0 bridgehead atoms. The maximum atomic E-state index is 13.6. The summed E-state index contributed by atoms with van der Waals surface area (Å²) >= 11 is 0. The highest BCUT2D eigenvalue weighted by molar-refractivity contribution is 7.88. The van der Waals surface area contributed by atoms with Crippen molar-refractivity contribution in [2.75, 3.05) is 13.3 Å². The van der Waals surface area contributed by atoms with Crippen LogP contribution in [0.4, 0.5) is 0 Å². The Morgan fingerprint density at radius 1 is 1.00 bits per heavy atom. The predicted octanol–water partition coefficient (Wildman–Crippen LogP) is 3.61. The number of rotatable bonds is 5. The molecule has 2 aromatic rings. The molecule has 0 saturated carbocycles. The van der Waals surface area contributed by atoms with Gasteiger partial charge < -0.3 is 9.30 Å². The molecule has 0 radical (unpaired) electrons. The van der Waals surface area contributed by atoms with Gasteiger partial charge in [0, 0.05) is 10.9 Å². The van der Waals surface area contributed by atoms with Gasteiger partial charge in [0.05, 0.1) is 7.11 Å². The molecule has 1 atom stereocenters. The van der Waals surface area contributed by atoms with Crippen molar-refractivity contribution in [2.24, 2.45) is 0 Å². The first-order valence-corrected chi connectivity index (χ1v) is 9.53. The Bertz CT molecular complexity index is 802. The van der Waals surface area contributed by atoms with Gasteiger partial charge in [-0.2, -0.15) is 0 Å². The number of hydrogen-bond donors (Lipinski definition) is 0. The molecule has 0 amide bonds. The number of carbonyl (C=O) groups excluding carboxylic acids is 2. The molecule has 0 fully saturated rings. The zero-order chi connectivity index (χ0) is 17.9. The molecule has 0 saturated heterocycles. The van der Waals surface area contributed by atoms with Gasteiger partial charge in [-0.15, -0.1) is 0 Å². The van der Waals surface area contributed by atoms with Crippen LogP contribution < -0.4 is 5.30 Å². The maximum Gasteiger partial charge on any atom is 0.313 e. The number of methoxy groups -OCH3 is 1. The lowest BCUT2D eigenvalue weighted by Crippen LogP contribution is -2.22. The summed E-state index contributed by atoms with van der Waals surface area (Å²) in [5.74, 6) is -0.655. The van der Waals surface area contributed by atoms with E-state index < -0.39 is 24.8 Å². The Hall–Kier alpha value is -2.19. The molecule has 0 aliphatic rings. The van der Waals surface area contributed by atoms with Crippen LogP contribution in [0.1, 0.15) is 27.0 Å². The van der Waals surface area contributed by atoms with Gasteiger partial charge in [-0.25, -0.2) is 0 Å². The number of hydrogen-bond acceptors (Lipinski definition) is 4. The first kappa shape index (κ1) is 18.2. The quantitative estimate of drug-likeness (QED) is 0.614. The van der Waals surface area contributed by atoms with Gasteiger partial charge >= 0.3 is 5.97 Å². The number of esters is 1. The molecular formula is C19H21O4P. The molecule has 4 nitrogen and oxygen atoms in total. The molecule has 1 unspecified atom stereocenters. The molecule has 0 spiro atoms. The Morgan fingerprint density at radius 3 is 2.04 bits per heavy atom. The van der Waals surface area contributed by atoms with Gasteiger partial charge in [-0.05, 0) is 31.9 Å². The molecule has 0 aromatic heterocycles. The van der Waals surface area contributed by atoms with Crippen molar-refractivity contribution in [3.8, 4) is 0 Å². The van der Waals surface area contributed by atoms with Crippen LogP contribution in [0.3, 0.4) is 0 Å². The standard InChI is InChI=1S/C19H21O4P/c1-13-10-14(2)18(15(3)11-13)19(21)24(22,12-17(20)23-4)16-8-6-5-7-9-16/h5-11H,12H2,1-4H3. The normalized spacial score (nSPS) is 13.2. The van der Waals surface area contributed by atoms with Crippen LogP contribution in [0.2, 0.25) is 0 Å². The van der Waals surface area contributed by atoms with E-state index in [1.54, 1.807) is 30.3 Å². The van der Waals surface area contributed by atoms with Crippen molar-refractivity contribution in [2.45, 2.75) is 20.8 Å². The second-order valence-electron chi connectivity index (χ2n) is 5.89. The highest BCUT2D eigenvalue weighted by Gasteiger charge is 2.38. The van der Waals surface area contributed by atoms with Crippen molar-refractivity contribution in [3.63, 3.8) is 0 Å². The molecule has 0 heterocycles. The van der Waals surface area contributed by atoms with Gasteiger partial charge in [0.2, 0.25) is 5.52 Å². The molecule has 0 aliphatic carbocycles. The third-order valence-electron chi connectivity index (χ3n) is 3.97. The van der Waals surface area contributed by atoms with Crippen molar-refractivity contribution in [3.05, 3.63) is 64.7 Å². The summed E-state index contributed by atoms with van der Waals surface area (Å²) < 4.78 is 18.3. The van der Waals surface area contributed by atoms with Crippen LogP contribution in [-0.2, 0) is 14.1 Å². The Morgan fingerprint density at radius 2 is 1.54 bits per heavy atom. The van der Waals surface area contributed by atoms with E-state index in [4.69, 9.17) is 0 Å². The summed E-state index contributed by atoms with van der Waals surface area (Å²) in [4.78, 5) is 25.0. The first-order chi connectivity index (χ1) is 11.3. The summed E-state index contributed by atoms with van der Waals surface area (Å²) in [5, 5.41) is 0.375. The average molecular weight is 344 g/mol. The average Bonchev–Trinajstić information content (AvgIpc) is 2.54. The van der Waals surface area contributed by atoms with Gasteiger partial charge in [-0.3, -0.25) is 9.59 Å². The second-order valence-corrected chi connectivity index (χ2v) is 8.61. The van der Waals surface area contributed by atoms with Crippen molar-refractivity contribution < 1.29 is 18.9 Å². The van der Waals surface area contributed by atoms with Crippen LogP contribution in [0.5, 0.6) is 0 Å². The summed E-state index contributed by atoms with van der Waals surface area (Å²) in [5.41, 5.74) is 2.49. The highest BCUT2D eigenvalue weighted by atomic mass is 31.2. The third-order valence-corrected chi connectivity index (χ3v) is 6.69. The van der Waals surface area contributed by atoms with Crippen LogP contribution in [0.25, 0.3) is 0 Å². The van der Waals surface area contributed by atoms with Gasteiger partial charge in [0.1, 0.15) is 6.16 Å². The fraction of sp³-hybridized carbons (Fsp3) is 0.263. The van der Waals surface area contributed by atoms with Crippen molar-refractivity contribution in [1.82, 2.24) is 0 Å². The van der Waals surface area contributed by atoms with Gasteiger partial charge in [0.25, 0.3) is 0 Å². The molecule has 0 N–H and O–H groups in total. The van der Waals surface area contributed by atoms with E-state index in [1.807, 2.05) is 32.9 Å². The second kappa shape index (κ2) is 7.14. The van der Waals surface area contributed by atoms with Crippen LogP contribution in [0, 0.1) is 20.8 Å². The fourth-order valence-corrected chi connectivity index (χ4v) is 5.31. The molecule has 0 aliphatic heterocycles. The smallest absolute Gasteiger partial charge is 0.313 e. The van der Waals surface area contributed by atoms with E-state index in [0.717, 1.165) is 16.7 Å². The maximum absolute atomic E-state index is 13.6. The van der Waals surface area contributed by atoms with Crippen LogP contribution in [-0.4, -0.2) is 24.8 Å². The minimum absolute atomic E-state index is 0.375. The number of ether oxygens (including phenoxy) is 1. The lowest BCUT2D eigenvalue weighted by Gasteiger charge is -2.19. The zero-order valence-electron chi connectivity index (χ0n) is 14.3. The lowest BCUT2D eigenvalue weighted by atomic mass is 10.0. The van der Waals surface area contributed by atoms with Crippen LogP contribution in [0.15, 0.2) is 42.5 Å². The minimum Gasteiger partial charge on any atom is -0.469 e. The Balaban J connectivity index is 2.63. The van der Waals surface area contributed by atoms with Crippen LogP contribution >= 0.6 is 7.14 Å². The zero-order valence-corrected chi connectivity index (χ0v) is 15.2. The molecule has 126 valence electrons. The largest absolute Gasteiger partial charge is 0.469 e. The number of carbonyl (C=O) groups is 2.